The summed E-state index contributed by atoms with van der Waals surface area (Å²) in [6, 6.07) is 11.2. The first kappa shape index (κ1) is 26.6. The van der Waals surface area contributed by atoms with E-state index >= 15 is 0 Å². The van der Waals surface area contributed by atoms with E-state index in [1.807, 2.05) is 18.2 Å². The third-order valence-corrected chi connectivity index (χ3v) is 22.8. The van der Waals surface area contributed by atoms with Crippen LogP contribution in [0.4, 0.5) is 5.69 Å². The van der Waals surface area contributed by atoms with Crippen molar-refractivity contribution >= 4 is 39.5 Å². The van der Waals surface area contributed by atoms with Gasteiger partial charge in [-0.25, -0.2) is 0 Å². The monoisotopic (exact) mass is 573 g/mol. The second-order valence-electron chi connectivity index (χ2n) is 9.28. The zero-order valence-electron chi connectivity index (χ0n) is 21.4. The Balaban J connectivity index is 2.30. The molecule has 0 atom stereocenters. The van der Waals surface area contributed by atoms with E-state index in [0.717, 1.165) is 19.3 Å². The van der Waals surface area contributed by atoms with Gasteiger partial charge in [-0.1, -0.05) is 0 Å². The number of benzene rings is 2. The quantitative estimate of drug-likeness (QED) is 0.202. The number of imide groups is 1. The van der Waals surface area contributed by atoms with Gasteiger partial charge in [0.05, 0.1) is 0 Å². The molecule has 0 saturated carbocycles. The average Bonchev–Trinajstić information content (AvgIpc) is 3.12. The third kappa shape index (κ3) is 5.00. The molecule has 1 aliphatic heterocycles. The van der Waals surface area contributed by atoms with E-state index in [1.165, 1.54) is 41.1 Å². The zero-order chi connectivity index (χ0) is 24.7. The number of ether oxygens (including phenoxy) is 2. The van der Waals surface area contributed by atoms with Gasteiger partial charge < -0.3 is 0 Å². The number of anilines is 1. The van der Waals surface area contributed by atoms with Crippen LogP contribution in [0.15, 0.2) is 36.4 Å². The molecule has 34 heavy (non-hydrogen) atoms. The van der Waals surface area contributed by atoms with E-state index in [1.54, 1.807) is 26.4 Å². The van der Waals surface area contributed by atoms with Crippen LogP contribution < -0.4 is 18.0 Å². The van der Waals surface area contributed by atoms with Crippen molar-refractivity contribution < 1.29 is 19.1 Å². The van der Waals surface area contributed by atoms with Crippen LogP contribution in [0.3, 0.4) is 0 Å². The molecule has 0 aromatic heterocycles. The molecule has 2 amide bonds. The summed E-state index contributed by atoms with van der Waals surface area (Å²) in [5.41, 5.74) is 1.56. The minimum atomic E-state index is -3.06. The molecule has 0 unspecified atom stereocenters. The number of methoxy groups -OCH3 is 2. The minimum absolute atomic E-state index is 0.268. The molecule has 1 aliphatic rings. The molecule has 2 aromatic rings. The number of carbonyl (C=O) groups excluding carboxylic acids is 2. The van der Waals surface area contributed by atoms with E-state index in [-0.39, 0.29) is 11.8 Å². The number of unbranched alkanes of at least 4 members (excludes halogenated alkanes) is 3. The summed E-state index contributed by atoms with van der Waals surface area (Å²) >= 11 is -3.06. The number of fused-ring (bicyclic) bond motifs is 1. The molecule has 0 fully saturated rings. The predicted octanol–water partition coefficient (Wildman–Crippen LogP) is 6.56. The van der Waals surface area contributed by atoms with Crippen molar-refractivity contribution in [2.45, 2.75) is 72.6 Å². The molecule has 3 rings (SSSR count). The summed E-state index contributed by atoms with van der Waals surface area (Å²) in [5, 5.41) is 0. The SMILES string of the molecule is CCC[CH2][Sn]([CH2]CCC)([CH2]CCC)[c]1ccc(OC)c(OC)c1N1C(=O)c2ccccc2C1=O. The van der Waals surface area contributed by atoms with E-state index in [0.29, 0.717) is 28.3 Å². The molecule has 0 aliphatic carbocycles. The van der Waals surface area contributed by atoms with Gasteiger partial charge in [-0.15, -0.1) is 0 Å². The maximum absolute atomic E-state index is 13.6. The molecular weight excluding hydrogens is 533 g/mol. The molecule has 6 heteroatoms. The second kappa shape index (κ2) is 12.1. The van der Waals surface area contributed by atoms with Crippen LogP contribution in [0.25, 0.3) is 0 Å². The van der Waals surface area contributed by atoms with Crippen LogP contribution in [0.2, 0.25) is 13.3 Å². The number of rotatable bonds is 13. The van der Waals surface area contributed by atoms with Crippen LogP contribution in [0, 0.1) is 0 Å². The Morgan fingerprint density at radius 2 is 1.24 bits per heavy atom. The predicted molar refractivity (Wildman–Crippen MR) is 142 cm³/mol. The molecule has 5 nitrogen and oxygen atoms in total. The van der Waals surface area contributed by atoms with E-state index in [2.05, 4.69) is 26.8 Å². The van der Waals surface area contributed by atoms with Crippen LogP contribution >= 0.6 is 0 Å². The fraction of sp³-hybridized carbons (Fsp3) is 0.500. The van der Waals surface area contributed by atoms with Gasteiger partial charge in [0.15, 0.2) is 0 Å². The van der Waals surface area contributed by atoms with Gasteiger partial charge in [-0.05, 0) is 0 Å². The van der Waals surface area contributed by atoms with Crippen molar-refractivity contribution in [3.05, 3.63) is 47.5 Å². The van der Waals surface area contributed by atoms with Crippen LogP contribution in [-0.4, -0.2) is 44.4 Å². The zero-order valence-corrected chi connectivity index (χ0v) is 24.3. The Morgan fingerprint density at radius 1 is 0.735 bits per heavy atom. The van der Waals surface area contributed by atoms with E-state index in [9.17, 15) is 9.59 Å². The summed E-state index contributed by atoms with van der Waals surface area (Å²) in [7, 11) is 3.20. The van der Waals surface area contributed by atoms with Gasteiger partial charge in [-0.3, -0.25) is 0 Å². The molecule has 0 saturated heterocycles. The topological polar surface area (TPSA) is 55.8 Å². The van der Waals surface area contributed by atoms with E-state index < -0.39 is 18.4 Å². The summed E-state index contributed by atoms with van der Waals surface area (Å²) < 4.78 is 16.4. The fourth-order valence-electron chi connectivity index (χ4n) is 5.28. The van der Waals surface area contributed by atoms with Gasteiger partial charge in [0.2, 0.25) is 0 Å². The Hall–Kier alpha value is -2.02. The fourth-order valence-corrected chi connectivity index (χ4v) is 21.9. The number of carbonyl (C=O) groups is 2. The van der Waals surface area contributed by atoms with Crippen molar-refractivity contribution in [2.75, 3.05) is 19.1 Å². The molecule has 0 N–H and O–H groups in total. The first-order chi connectivity index (χ1) is 16.5. The van der Waals surface area contributed by atoms with Crippen molar-refractivity contribution in [3.63, 3.8) is 0 Å². The Labute approximate surface area is 208 Å². The number of hydrogen-bond acceptors (Lipinski definition) is 4. The number of amides is 2. The standard InChI is InChI=1S/C16H12NO4.3C4H9.Sn/c1-20-13-9-5-8-12(14(13)21-2)17-15(18)10-6-3-4-7-11(10)16(17)19;3*1-3-4-2;/h3-7,9H,1-2H3;3*1,3-4H2,2H3;. The summed E-state index contributed by atoms with van der Waals surface area (Å²) in [6.45, 7) is 6.74. The van der Waals surface area contributed by atoms with Gasteiger partial charge in [-0.2, -0.15) is 0 Å². The maximum atomic E-state index is 13.6. The van der Waals surface area contributed by atoms with Crippen LogP contribution in [0.5, 0.6) is 11.5 Å². The van der Waals surface area contributed by atoms with E-state index in [4.69, 9.17) is 9.47 Å². The second-order valence-corrected chi connectivity index (χ2v) is 22.4. The van der Waals surface area contributed by atoms with Crippen molar-refractivity contribution in [3.8, 4) is 11.5 Å². The molecule has 0 radical (unpaired) electrons. The molecule has 0 spiro atoms. The normalized spacial score (nSPS) is 13.4. The van der Waals surface area contributed by atoms with Crippen molar-refractivity contribution in [1.82, 2.24) is 0 Å². The van der Waals surface area contributed by atoms with Gasteiger partial charge >= 0.3 is 209 Å². The molecule has 0 bridgehead atoms. The molecule has 1 heterocycles. The Morgan fingerprint density at radius 3 is 1.65 bits per heavy atom. The number of hydrogen-bond donors (Lipinski definition) is 0. The van der Waals surface area contributed by atoms with Crippen LogP contribution in [-0.2, 0) is 0 Å². The Bertz CT molecular complexity index is 963. The van der Waals surface area contributed by atoms with Crippen molar-refractivity contribution in [1.29, 1.82) is 0 Å². The molecule has 184 valence electrons. The summed E-state index contributed by atoms with van der Waals surface area (Å²) in [5.74, 6) is 0.518. The average molecular weight is 572 g/mol. The molecular formula is C28H39NO4Sn. The molecule has 2 aromatic carbocycles. The Kier molecular flexibility index (Phi) is 9.46. The van der Waals surface area contributed by atoms with Gasteiger partial charge in [0.1, 0.15) is 0 Å². The number of nitrogens with zero attached hydrogens (tertiary/aromatic N) is 1. The summed E-state index contributed by atoms with van der Waals surface area (Å²) in [6.07, 6.45) is 6.98. The van der Waals surface area contributed by atoms with Crippen LogP contribution in [0.1, 0.15) is 80.0 Å². The third-order valence-electron chi connectivity index (χ3n) is 7.14. The summed E-state index contributed by atoms with van der Waals surface area (Å²) in [4.78, 5) is 28.6. The first-order valence-corrected chi connectivity index (χ1v) is 20.2. The van der Waals surface area contributed by atoms with Gasteiger partial charge in [0, 0.05) is 0 Å². The first-order valence-electron chi connectivity index (χ1n) is 12.7. The van der Waals surface area contributed by atoms with Gasteiger partial charge in [0.25, 0.3) is 0 Å². The van der Waals surface area contributed by atoms with Crippen molar-refractivity contribution in [2.24, 2.45) is 0 Å².